The Labute approximate surface area is 252 Å². The Bertz CT molecular complexity index is 1280. The van der Waals surface area contributed by atoms with E-state index >= 15 is 0 Å². The number of aliphatic carboxylic acids is 2. The molecule has 0 saturated carbocycles. The molecule has 0 aromatic heterocycles. The molecule has 43 heavy (non-hydrogen) atoms. The summed E-state index contributed by atoms with van der Waals surface area (Å²) in [5.41, 5.74) is 6.45. The Morgan fingerprint density at radius 3 is 1.33 bits per heavy atom. The number of unbranched alkanes of at least 4 members (excludes halogenated alkanes) is 2. The van der Waals surface area contributed by atoms with Gasteiger partial charge in [0.05, 0.1) is 26.1 Å². The van der Waals surface area contributed by atoms with Crippen LogP contribution in [-0.4, -0.2) is 58.0 Å². The lowest BCUT2D eigenvalue weighted by molar-refractivity contribution is -0.145. The van der Waals surface area contributed by atoms with Crippen LogP contribution >= 0.6 is 0 Å². The van der Waals surface area contributed by atoms with Crippen LogP contribution in [0.3, 0.4) is 0 Å². The zero-order valence-corrected chi connectivity index (χ0v) is 25.5. The number of methoxy groups -OCH3 is 2. The third-order valence-electron chi connectivity index (χ3n) is 8.55. The fourth-order valence-corrected chi connectivity index (χ4v) is 5.85. The van der Waals surface area contributed by atoms with Crippen LogP contribution < -0.4 is 9.47 Å². The van der Waals surface area contributed by atoms with Gasteiger partial charge in [0.15, 0.2) is 0 Å². The molecule has 2 unspecified atom stereocenters. The Hall–Kier alpha value is -4.08. The van der Waals surface area contributed by atoms with Gasteiger partial charge in [-0.3, -0.25) is 19.2 Å². The fourth-order valence-electron chi connectivity index (χ4n) is 5.85. The van der Waals surface area contributed by atoms with Crippen LogP contribution in [0.5, 0.6) is 11.5 Å². The van der Waals surface area contributed by atoms with Crippen LogP contribution in [-0.2, 0) is 58.2 Å². The van der Waals surface area contributed by atoms with Gasteiger partial charge in [0.1, 0.15) is 11.5 Å². The molecule has 0 radical (unpaired) electrons. The predicted molar refractivity (Wildman–Crippen MR) is 159 cm³/mol. The molecular formula is C33H42N2O8. The molecule has 10 heteroatoms. The highest BCUT2D eigenvalue weighted by atomic mass is 16.5. The average Bonchev–Trinajstić information content (AvgIpc) is 3.59. The van der Waals surface area contributed by atoms with Crippen molar-refractivity contribution in [3.8, 4) is 11.5 Å². The van der Waals surface area contributed by atoms with E-state index in [4.69, 9.17) is 19.7 Å². The molecular weight excluding hydrogens is 552 g/mol. The van der Waals surface area contributed by atoms with Crippen LogP contribution in [0, 0.1) is 11.8 Å². The molecule has 10 nitrogen and oxygen atoms in total. The molecule has 2 aromatic rings. The largest absolute Gasteiger partial charge is 0.496 e. The van der Waals surface area contributed by atoms with Gasteiger partial charge in [-0.25, -0.2) is 0 Å². The van der Waals surface area contributed by atoms with Crippen molar-refractivity contribution < 1.29 is 38.9 Å². The van der Waals surface area contributed by atoms with Gasteiger partial charge in [-0.05, 0) is 83.3 Å². The maximum absolute atomic E-state index is 12.6. The summed E-state index contributed by atoms with van der Waals surface area (Å²) < 4.78 is 11.3. The molecule has 0 aliphatic carbocycles. The topological polar surface area (TPSA) is 134 Å². The summed E-state index contributed by atoms with van der Waals surface area (Å²) in [4.78, 5) is 51.0. The number of hydrogen-bond donors (Lipinski definition) is 2. The fraction of sp³-hybridized carbons (Fsp3) is 0.515. The first-order chi connectivity index (χ1) is 20.5. The minimum absolute atomic E-state index is 0.00916. The van der Waals surface area contributed by atoms with Crippen LogP contribution in [0.1, 0.15) is 79.3 Å². The van der Waals surface area contributed by atoms with E-state index in [1.54, 1.807) is 37.9 Å². The van der Waals surface area contributed by atoms with Crippen LogP contribution in [0.4, 0.5) is 0 Å². The summed E-state index contributed by atoms with van der Waals surface area (Å²) in [6.45, 7) is 5.00. The Kier molecular flexibility index (Phi) is 10.3. The number of rotatable bonds is 14. The van der Waals surface area contributed by atoms with Crippen LogP contribution in [0.25, 0.3) is 0 Å². The maximum atomic E-state index is 12.6. The monoisotopic (exact) mass is 594 g/mol. The molecule has 2 heterocycles. The molecule has 0 spiro atoms. The van der Waals surface area contributed by atoms with Crippen LogP contribution in [0.2, 0.25) is 0 Å². The van der Waals surface area contributed by atoms with E-state index in [1.165, 1.54) is 0 Å². The average molecular weight is 595 g/mol. The molecule has 2 aromatic carbocycles. The van der Waals surface area contributed by atoms with Crippen molar-refractivity contribution in [3.63, 3.8) is 0 Å². The highest BCUT2D eigenvalue weighted by Gasteiger charge is 2.29. The number of aryl methyl sites for hydroxylation is 2. The second-order valence-corrected chi connectivity index (χ2v) is 11.8. The predicted octanol–water partition coefficient (Wildman–Crippen LogP) is 4.57. The Morgan fingerprint density at radius 1 is 0.651 bits per heavy atom. The molecule has 0 fully saturated rings. The highest BCUT2D eigenvalue weighted by Crippen LogP contribution is 2.34. The van der Waals surface area contributed by atoms with E-state index in [2.05, 4.69) is 12.1 Å². The maximum Gasteiger partial charge on any atom is 0.306 e. The van der Waals surface area contributed by atoms with Crippen molar-refractivity contribution in [2.45, 2.75) is 85.0 Å². The minimum atomic E-state index is -0.966. The van der Waals surface area contributed by atoms with E-state index in [0.29, 0.717) is 26.2 Å². The van der Waals surface area contributed by atoms with Gasteiger partial charge < -0.3 is 29.5 Å². The Balaban J connectivity index is 1.30. The number of ether oxygens (including phenoxy) is 2. The molecule has 232 valence electrons. The summed E-state index contributed by atoms with van der Waals surface area (Å²) in [6.07, 6.45) is 4.59. The summed E-state index contributed by atoms with van der Waals surface area (Å²) in [7, 11) is 3.30. The molecule has 2 atom stereocenters. The number of benzene rings is 2. The van der Waals surface area contributed by atoms with Gasteiger partial charge in [-0.15, -0.1) is 0 Å². The molecule has 2 aliphatic rings. The van der Waals surface area contributed by atoms with Gasteiger partial charge >= 0.3 is 11.9 Å². The highest BCUT2D eigenvalue weighted by molar-refractivity contribution is 5.83. The van der Waals surface area contributed by atoms with Crippen LogP contribution in [0.15, 0.2) is 24.3 Å². The third-order valence-corrected chi connectivity index (χ3v) is 8.55. The lowest BCUT2D eigenvalue weighted by Gasteiger charge is -2.16. The quantitative estimate of drug-likeness (QED) is 0.304. The van der Waals surface area contributed by atoms with Crippen molar-refractivity contribution in [1.29, 1.82) is 0 Å². The van der Waals surface area contributed by atoms with Gasteiger partial charge in [-0.1, -0.05) is 20.3 Å². The molecule has 4 rings (SSSR count). The third kappa shape index (κ3) is 7.66. The van der Waals surface area contributed by atoms with Gasteiger partial charge in [0, 0.05) is 39.0 Å². The second kappa shape index (κ2) is 13.9. The number of hydrogen-bond acceptors (Lipinski definition) is 6. The van der Waals surface area contributed by atoms with E-state index in [1.807, 2.05) is 12.1 Å². The van der Waals surface area contributed by atoms with E-state index in [-0.39, 0.29) is 24.7 Å². The normalized spacial score (nSPS) is 15.1. The first kappa shape index (κ1) is 31.8. The number of carbonyl (C=O) groups is 4. The standard InChI is InChI=1S/C33H42N2O8/c1-20(32(38)39)10-30(36)34-16-24-12-22(28(42-3)14-26(24)18-34)8-6-5-7-9-23-13-25-17-35(19-27(25)15-29(23)43-4)31(37)11-21(2)33(40)41/h12-15,20-21H,5-11,16-19H2,1-4H3,(H,38,39)(H,40,41). The van der Waals surface area contributed by atoms with Crippen molar-refractivity contribution >= 4 is 23.8 Å². The van der Waals surface area contributed by atoms with E-state index in [9.17, 15) is 19.2 Å². The lowest BCUT2D eigenvalue weighted by Crippen LogP contribution is -2.28. The number of amides is 2. The number of nitrogens with zero attached hydrogens (tertiary/aromatic N) is 2. The Morgan fingerprint density at radius 2 is 1.00 bits per heavy atom. The first-order valence-electron chi connectivity index (χ1n) is 14.9. The SMILES string of the molecule is COc1cc2c(cc1CCCCCc1cc3c(cc1OC)CN(C(=O)CC(C)C(=O)O)C3)CN(C(=O)CC(C)C(=O)O)C2. The number of fused-ring (bicyclic) bond motifs is 2. The van der Waals surface area contributed by atoms with E-state index < -0.39 is 23.8 Å². The second-order valence-electron chi connectivity index (χ2n) is 11.8. The lowest BCUT2D eigenvalue weighted by atomic mass is 9.98. The molecule has 2 N–H and O–H groups in total. The number of carbonyl (C=O) groups excluding carboxylic acids is 2. The van der Waals surface area contributed by atoms with E-state index in [0.717, 1.165) is 77.0 Å². The summed E-state index contributed by atoms with van der Waals surface area (Å²) in [6, 6.07) is 8.25. The zero-order chi connectivity index (χ0) is 31.3. The number of carboxylic acid groups (broad SMARTS) is 2. The van der Waals surface area contributed by atoms with Gasteiger partial charge in [0.25, 0.3) is 0 Å². The molecule has 2 amide bonds. The van der Waals surface area contributed by atoms with Crippen molar-refractivity contribution in [2.75, 3.05) is 14.2 Å². The summed E-state index contributed by atoms with van der Waals surface area (Å²) in [5, 5.41) is 18.3. The first-order valence-corrected chi connectivity index (χ1v) is 14.9. The summed E-state index contributed by atoms with van der Waals surface area (Å²) >= 11 is 0. The summed E-state index contributed by atoms with van der Waals surface area (Å²) in [5.74, 6) is -2.04. The van der Waals surface area contributed by atoms with Crippen molar-refractivity contribution in [2.24, 2.45) is 11.8 Å². The molecule has 0 saturated heterocycles. The number of carboxylic acids is 2. The van der Waals surface area contributed by atoms with Gasteiger partial charge in [0.2, 0.25) is 11.8 Å². The molecule has 2 aliphatic heterocycles. The van der Waals surface area contributed by atoms with Crippen molar-refractivity contribution in [1.82, 2.24) is 9.80 Å². The molecule has 0 bridgehead atoms. The van der Waals surface area contributed by atoms with Gasteiger partial charge in [-0.2, -0.15) is 0 Å². The zero-order valence-electron chi connectivity index (χ0n) is 25.5. The smallest absolute Gasteiger partial charge is 0.306 e. The minimum Gasteiger partial charge on any atom is -0.496 e. The van der Waals surface area contributed by atoms with Crippen molar-refractivity contribution in [3.05, 3.63) is 57.6 Å².